The lowest BCUT2D eigenvalue weighted by molar-refractivity contribution is -0.383. The Bertz CT molecular complexity index is 479. The summed E-state index contributed by atoms with van der Waals surface area (Å²) in [7, 11) is 0. The minimum absolute atomic E-state index is 0.0189. The van der Waals surface area contributed by atoms with Gasteiger partial charge >= 0.3 is 11.7 Å². The Morgan fingerprint density at radius 2 is 2.26 bits per heavy atom. The van der Waals surface area contributed by atoms with Gasteiger partial charge in [-0.2, -0.15) is 0 Å². The van der Waals surface area contributed by atoms with Crippen LogP contribution in [0.5, 0.6) is 0 Å². The van der Waals surface area contributed by atoms with Crippen molar-refractivity contribution in [3.8, 4) is 0 Å². The number of para-hydroxylation sites is 1. The van der Waals surface area contributed by atoms with Crippen molar-refractivity contribution in [2.45, 2.75) is 32.2 Å². The average molecular weight is 287 g/mol. The number of halogens is 1. The van der Waals surface area contributed by atoms with Crippen LogP contribution in [0.1, 0.15) is 26.2 Å². The van der Waals surface area contributed by atoms with Gasteiger partial charge in [-0.15, -0.1) is 0 Å². The zero-order chi connectivity index (χ0) is 14.4. The molecule has 0 heterocycles. The van der Waals surface area contributed by atoms with Gasteiger partial charge in [0.25, 0.3) is 0 Å². The first kappa shape index (κ1) is 15.2. The molecule has 6 nitrogen and oxygen atoms in total. The first-order valence-corrected chi connectivity index (χ1v) is 6.27. The number of hydrogen-bond donors (Lipinski definition) is 2. The second kappa shape index (κ2) is 6.94. The molecule has 0 fully saturated rings. The summed E-state index contributed by atoms with van der Waals surface area (Å²) in [4.78, 5) is 21.4. The van der Waals surface area contributed by atoms with E-state index in [0.717, 1.165) is 12.8 Å². The van der Waals surface area contributed by atoms with Crippen LogP contribution in [0.3, 0.4) is 0 Å². The molecule has 0 spiro atoms. The van der Waals surface area contributed by atoms with E-state index in [-0.39, 0.29) is 16.4 Å². The Morgan fingerprint density at radius 1 is 1.58 bits per heavy atom. The van der Waals surface area contributed by atoms with Gasteiger partial charge in [0.05, 0.1) is 4.92 Å². The third-order valence-corrected chi connectivity index (χ3v) is 2.95. The van der Waals surface area contributed by atoms with Gasteiger partial charge in [0, 0.05) is 0 Å². The van der Waals surface area contributed by atoms with Crippen molar-refractivity contribution in [1.29, 1.82) is 0 Å². The lowest BCUT2D eigenvalue weighted by atomic mass is 10.1. The van der Waals surface area contributed by atoms with Crippen LogP contribution in [0, 0.1) is 10.1 Å². The Hall–Kier alpha value is -1.82. The number of anilines is 1. The standard InChI is InChI=1S/C12H15ClN2O4/c1-2-3-6-10(12(16)17)14-9-7-4-5-8(13)11(9)15(18)19/h4-5,7,10,14H,2-3,6H2,1H3,(H,16,17). The normalized spacial score (nSPS) is 11.9. The monoisotopic (exact) mass is 286 g/mol. The van der Waals surface area contributed by atoms with E-state index in [2.05, 4.69) is 5.32 Å². The first-order chi connectivity index (χ1) is 8.97. The van der Waals surface area contributed by atoms with Crippen LogP contribution >= 0.6 is 11.6 Å². The van der Waals surface area contributed by atoms with E-state index in [9.17, 15) is 14.9 Å². The van der Waals surface area contributed by atoms with Crippen molar-refractivity contribution in [3.63, 3.8) is 0 Å². The fraction of sp³-hybridized carbons (Fsp3) is 0.417. The minimum Gasteiger partial charge on any atom is -0.480 e. The Labute approximate surface area is 115 Å². The molecule has 0 aliphatic rings. The van der Waals surface area contributed by atoms with E-state index in [1.807, 2.05) is 6.92 Å². The molecule has 1 aromatic rings. The van der Waals surface area contributed by atoms with Crippen LogP contribution in [0.2, 0.25) is 5.02 Å². The van der Waals surface area contributed by atoms with Crippen molar-refractivity contribution in [3.05, 3.63) is 33.3 Å². The highest BCUT2D eigenvalue weighted by Crippen LogP contribution is 2.32. The summed E-state index contributed by atoms with van der Waals surface area (Å²) in [6, 6.07) is 3.52. The molecular weight excluding hydrogens is 272 g/mol. The van der Waals surface area contributed by atoms with Crippen molar-refractivity contribution < 1.29 is 14.8 Å². The first-order valence-electron chi connectivity index (χ1n) is 5.89. The number of carbonyl (C=O) groups is 1. The maximum absolute atomic E-state index is 11.1. The minimum atomic E-state index is -1.04. The molecule has 1 atom stereocenters. The lowest BCUT2D eigenvalue weighted by Crippen LogP contribution is -2.29. The molecule has 0 aliphatic heterocycles. The summed E-state index contributed by atoms with van der Waals surface area (Å²) in [5.41, 5.74) is -0.173. The van der Waals surface area contributed by atoms with Gasteiger partial charge in [0.15, 0.2) is 0 Å². The van der Waals surface area contributed by atoms with Crippen LogP contribution in [0.15, 0.2) is 18.2 Å². The number of hydrogen-bond acceptors (Lipinski definition) is 4. The van der Waals surface area contributed by atoms with Crippen LogP contribution in [-0.4, -0.2) is 22.0 Å². The van der Waals surface area contributed by atoms with Gasteiger partial charge in [0.1, 0.15) is 16.8 Å². The van der Waals surface area contributed by atoms with Gasteiger partial charge in [-0.1, -0.05) is 37.4 Å². The molecule has 1 unspecified atom stereocenters. The summed E-state index contributed by atoms with van der Waals surface area (Å²) < 4.78 is 0. The third-order valence-electron chi connectivity index (χ3n) is 2.64. The Kier molecular flexibility index (Phi) is 5.57. The van der Waals surface area contributed by atoms with Crippen molar-refractivity contribution in [2.75, 3.05) is 5.32 Å². The SMILES string of the molecule is CCCCC(Nc1cccc(Cl)c1[N+](=O)[O-])C(=O)O. The van der Waals surface area contributed by atoms with Crippen molar-refractivity contribution >= 4 is 28.9 Å². The zero-order valence-corrected chi connectivity index (χ0v) is 11.2. The number of nitrogens with one attached hydrogen (secondary N) is 1. The van der Waals surface area contributed by atoms with E-state index in [4.69, 9.17) is 16.7 Å². The van der Waals surface area contributed by atoms with Crippen molar-refractivity contribution in [2.24, 2.45) is 0 Å². The summed E-state index contributed by atoms with van der Waals surface area (Å²) in [5, 5.41) is 22.7. The molecule has 19 heavy (non-hydrogen) atoms. The molecule has 0 aromatic heterocycles. The number of rotatable bonds is 7. The summed E-state index contributed by atoms with van der Waals surface area (Å²) >= 11 is 5.76. The number of nitro benzene ring substituents is 1. The fourth-order valence-electron chi connectivity index (χ4n) is 1.67. The van der Waals surface area contributed by atoms with E-state index < -0.39 is 16.9 Å². The van der Waals surface area contributed by atoms with Crippen LogP contribution in [-0.2, 0) is 4.79 Å². The molecule has 7 heteroatoms. The molecule has 0 saturated heterocycles. The van der Waals surface area contributed by atoms with Gasteiger partial charge in [-0.3, -0.25) is 10.1 Å². The molecule has 2 N–H and O–H groups in total. The molecule has 0 aliphatic carbocycles. The number of nitro groups is 1. The molecule has 0 amide bonds. The highest BCUT2D eigenvalue weighted by molar-refractivity contribution is 6.33. The van der Waals surface area contributed by atoms with Gasteiger partial charge in [-0.25, -0.2) is 4.79 Å². The fourth-order valence-corrected chi connectivity index (χ4v) is 1.91. The molecule has 0 bridgehead atoms. The van der Waals surface area contributed by atoms with Crippen LogP contribution in [0.25, 0.3) is 0 Å². The zero-order valence-electron chi connectivity index (χ0n) is 10.4. The number of unbranched alkanes of at least 4 members (excludes halogenated alkanes) is 1. The number of carboxylic acids is 1. The number of benzene rings is 1. The van der Waals surface area contributed by atoms with E-state index in [0.29, 0.717) is 6.42 Å². The maximum atomic E-state index is 11.1. The van der Waals surface area contributed by atoms with Crippen LogP contribution in [0.4, 0.5) is 11.4 Å². The highest BCUT2D eigenvalue weighted by atomic mass is 35.5. The molecule has 0 saturated carbocycles. The summed E-state index contributed by atoms with van der Waals surface area (Å²) in [5.74, 6) is -1.04. The molecular formula is C12H15ClN2O4. The second-order valence-electron chi connectivity index (χ2n) is 4.07. The summed E-state index contributed by atoms with van der Waals surface area (Å²) in [6.07, 6.45) is 1.97. The van der Waals surface area contributed by atoms with E-state index >= 15 is 0 Å². The summed E-state index contributed by atoms with van der Waals surface area (Å²) in [6.45, 7) is 1.95. The lowest BCUT2D eigenvalue weighted by Gasteiger charge is -2.15. The van der Waals surface area contributed by atoms with E-state index in [1.165, 1.54) is 18.2 Å². The van der Waals surface area contributed by atoms with Crippen LogP contribution < -0.4 is 5.32 Å². The predicted molar refractivity (Wildman–Crippen MR) is 72.7 cm³/mol. The maximum Gasteiger partial charge on any atom is 0.326 e. The van der Waals surface area contributed by atoms with Crippen molar-refractivity contribution in [1.82, 2.24) is 0 Å². The number of nitrogens with zero attached hydrogens (tertiary/aromatic N) is 1. The molecule has 0 radical (unpaired) electrons. The third kappa shape index (κ3) is 4.10. The van der Waals surface area contributed by atoms with E-state index in [1.54, 1.807) is 0 Å². The van der Waals surface area contributed by atoms with Gasteiger partial charge in [-0.05, 0) is 18.6 Å². The topological polar surface area (TPSA) is 92.5 Å². The quantitative estimate of drug-likeness (QED) is 0.592. The largest absolute Gasteiger partial charge is 0.480 e. The van der Waals surface area contributed by atoms with Gasteiger partial charge in [0.2, 0.25) is 0 Å². The predicted octanol–water partition coefficient (Wildman–Crippen LogP) is 3.30. The Balaban J connectivity index is 2.99. The number of carboxylic acid groups (broad SMARTS) is 1. The van der Waals surface area contributed by atoms with Gasteiger partial charge < -0.3 is 10.4 Å². The molecule has 104 valence electrons. The molecule has 1 aromatic carbocycles. The molecule has 1 rings (SSSR count). The Morgan fingerprint density at radius 3 is 2.79 bits per heavy atom. The highest BCUT2D eigenvalue weighted by Gasteiger charge is 2.23. The second-order valence-corrected chi connectivity index (χ2v) is 4.48. The average Bonchev–Trinajstić information content (AvgIpc) is 2.33. The number of aliphatic carboxylic acids is 1. The smallest absolute Gasteiger partial charge is 0.326 e.